The molecule has 1 aliphatic rings. The number of pyridine rings is 1. The molecule has 0 unspecified atom stereocenters. The first kappa shape index (κ1) is 51.8. The summed E-state index contributed by atoms with van der Waals surface area (Å²) in [5.74, 6) is 2.35. The van der Waals surface area contributed by atoms with Crippen molar-refractivity contribution in [3.63, 3.8) is 0 Å². The average Bonchev–Trinajstić information content (AvgIpc) is 4.11. The van der Waals surface area contributed by atoms with Gasteiger partial charge < -0.3 is 14.5 Å². The van der Waals surface area contributed by atoms with Crippen LogP contribution in [0.2, 0.25) is 0 Å². The van der Waals surface area contributed by atoms with Gasteiger partial charge in [-0.3, -0.25) is 4.57 Å². The number of hydrogen-bond donors (Lipinski definition) is 0. The molecule has 0 radical (unpaired) electrons. The van der Waals surface area contributed by atoms with Crippen LogP contribution in [0.15, 0.2) is 260 Å². The smallest absolute Gasteiger partial charge is 0.137 e. The number of benzene rings is 9. The Bertz CT molecular complexity index is 4060. The van der Waals surface area contributed by atoms with Gasteiger partial charge in [-0.1, -0.05) is 232 Å². The predicted molar refractivity (Wildman–Crippen MR) is 335 cm³/mol. The highest BCUT2D eigenvalue weighted by Gasteiger charge is 2.46. The van der Waals surface area contributed by atoms with Crippen LogP contribution in [0.1, 0.15) is 90.1 Å². The van der Waals surface area contributed by atoms with Crippen molar-refractivity contribution in [2.45, 2.75) is 84.0 Å². The van der Waals surface area contributed by atoms with Crippen molar-refractivity contribution in [2.75, 3.05) is 16.5 Å². The van der Waals surface area contributed by atoms with Crippen LogP contribution in [0.25, 0.3) is 49.9 Å². The lowest BCUT2D eigenvalue weighted by atomic mass is 9.73. The fourth-order valence-electron chi connectivity index (χ4n) is 12.1. The normalized spacial score (nSPS) is 13.4. The van der Waals surface area contributed by atoms with E-state index >= 15 is 0 Å². The van der Waals surface area contributed by atoms with Crippen LogP contribution >= 0.6 is 0 Å². The molecule has 0 atom stereocenters. The van der Waals surface area contributed by atoms with E-state index in [9.17, 15) is 0 Å². The maximum absolute atomic E-state index is 7.11. The van der Waals surface area contributed by atoms with Crippen LogP contribution in [0.4, 0.5) is 11.4 Å². The highest BCUT2D eigenvalue weighted by molar-refractivity contribution is 6.10. The summed E-state index contributed by atoms with van der Waals surface area (Å²) in [7, 11) is 0. The summed E-state index contributed by atoms with van der Waals surface area (Å²) >= 11 is 0. The Labute approximate surface area is 473 Å². The molecule has 0 N–H and O–H groups in total. The van der Waals surface area contributed by atoms with Crippen molar-refractivity contribution < 1.29 is 4.74 Å². The van der Waals surface area contributed by atoms with E-state index in [1.165, 1.54) is 61.5 Å². The third-order valence-electron chi connectivity index (χ3n) is 16.8. The number of aromatic nitrogens is 2. The number of fused-ring (bicyclic) bond motifs is 3. The van der Waals surface area contributed by atoms with Crippen molar-refractivity contribution in [1.82, 2.24) is 9.55 Å². The maximum atomic E-state index is 7.11. The molecule has 5 heteroatoms. The molecule has 0 saturated heterocycles. The Balaban J connectivity index is 1.01. The summed E-state index contributed by atoms with van der Waals surface area (Å²) in [6.45, 7) is 21.7. The SMILES string of the molecule is CC(C)(C)c1cc(-c2ccccc2)cc(N2CN(c3cccc(Oc4ccc5c6cc(-c7ccccc7)ccc6n(-c6cc(C(C)(C)c7ccccc7)ccn6)c5c4)c3)C(C(C)(C)c3ccccc3)=C2C(C)(C)c2ccccc2)c1. The van der Waals surface area contributed by atoms with E-state index in [2.05, 4.69) is 319 Å². The number of nitrogens with zero attached hydrogens (tertiary/aromatic N) is 4. The van der Waals surface area contributed by atoms with Gasteiger partial charge in [0.2, 0.25) is 0 Å². The van der Waals surface area contributed by atoms with Gasteiger partial charge in [-0.25, -0.2) is 4.98 Å². The fourth-order valence-corrected chi connectivity index (χ4v) is 12.1. The van der Waals surface area contributed by atoms with Crippen molar-refractivity contribution in [2.24, 2.45) is 0 Å². The van der Waals surface area contributed by atoms with Gasteiger partial charge >= 0.3 is 0 Å². The maximum Gasteiger partial charge on any atom is 0.137 e. The first-order valence-electron chi connectivity index (χ1n) is 28.1. The molecule has 80 heavy (non-hydrogen) atoms. The van der Waals surface area contributed by atoms with Crippen LogP contribution in [0, 0.1) is 0 Å². The van der Waals surface area contributed by atoms with Gasteiger partial charge in [-0.2, -0.15) is 0 Å². The van der Waals surface area contributed by atoms with Gasteiger partial charge in [-0.05, 0) is 116 Å². The molecule has 12 rings (SSSR count). The Morgan fingerprint density at radius 1 is 0.350 bits per heavy atom. The molecule has 3 heterocycles. The van der Waals surface area contributed by atoms with Gasteiger partial charge in [-0.15, -0.1) is 0 Å². The van der Waals surface area contributed by atoms with E-state index in [0.717, 1.165) is 50.5 Å². The molecule has 0 amide bonds. The summed E-state index contributed by atoms with van der Waals surface area (Å²) in [5.41, 5.74) is 16.5. The standard InChI is InChI=1S/C75H70N4O/c1-72(2,3)60-44-55(53-28-17-11-18-29-53)45-62(47-60)78-51-77(70(74(6,7)57-32-21-13-22-33-57)71(78)75(8,9)58-34-23-14-24-35-58)61-36-25-37-63(49-61)80-64-39-40-65-66-46-54(52-26-15-10-16-27-52)38-41-67(66)79(68(65)50-64)69-48-59(42-43-76-69)73(4,5)56-30-19-12-20-31-56/h10-50H,51H2,1-9H3. The largest absolute Gasteiger partial charge is 0.457 e. The highest BCUT2D eigenvalue weighted by Crippen LogP contribution is 2.51. The number of rotatable bonds is 13. The second kappa shape index (κ2) is 20.4. The number of ether oxygens (including phenoxy) is 1. The summed E-state index contributed by atoms with van der Waals surface area (Å²) in [6.07, 6.45) is 1.95. The van der Waals surface area contributed by atoms with Gasteiger partial charge in [0.1, 0.15) is 17.3 Å². The molecule has 0 bridgehead atoms. The summed E-state index contributed by atoms with van der Waals surface area (Å²) in [4.78, 5) is 10.3. The molecule has 0 saturated carbocycles. The quantitative estimate of drug-likeness (QED) is 0.115. The topological polar surface area (TPSA) is 33.5 Å². The summed E-state index contributed by atoms with van der Waals surface area (Å²) < 4.78 is 9.42. The highest BCUT2D eigenvalue weighted by atomic mass is 16.5. The van der Waals surface area contributed by atoms with Crippen LogP contribution < -0.4 is 14.5 Å². The predicted octanol–water partition coefficient (Wildman–Crippen LogP) is 19.4. The van der Waals surface area contributed by atoms with Crippen LogP contribution in [0.5, 0.6) is 11.5 Å². The molecular formula is C75H70N4O. The molecule has 0 fully saturated rings. The minimum atomic E-state index is -0.446. The van der Waals surface area contributed by atoms with Crippen LogP contribution in [0.3, 0.4) is 0 Å². The molecule has 11 aromatic rings. The van der Waals surface area contributed by atoms with Gasteiger partial charge in [0.25, 0.3) is 0 Å². The van der Waals surface area contributed by atoms with Gasteiger partial charge in [0, 0.05) is 56.7 Å². The molecule has 1 aliphatic heterocycles. The van der Waals surface area contributed by atoms with Crippen molar-refractivity contribution in [3.8, 4) is 39.6 Å². The summed E-state index contributed by atoms with van der Waals surface area (Å²) in [6, 6.07) is 87.8. The lowest BCUT2D eigenvalue weighted by molar-refractivity contribution is 0.483. The van der Waals surface area contributed by atoms with E-state index in [0.29, 0.717) is 6.67 Å². The van der Waals surface area contributed by atoms with Crippen molar-refractivity contribution in [3.05, 3.63) is 288 Å². The lowest BCUT2D eigenvalue weighted by Crippen LogP contribution is -2.34. The minimum Gasteiger partial charge on any atom is -0.457 e. The number of anilines is 2. The average molecular weight is 1040 g/mol. The number of hydrogen-bond acceptors (Lipinski definition) is 4. The first-order chi connectivity index (χ1) is 38.6. The third-order valence-corrected chi connectivity index (χ3v) is 16.8. The first-order valence-corrected chi connectivity index (χ1v) is 28.1. The Morgan fingerprint density at radius 3 is 1.48 bits per heavy atom. The molecule has 396 valence electrons. The minimum absolute atomic E-state index is 0.0993. The van der Waals surface area contributed by atoms with Gasteiger partial charge in [0.05, 0.1) is 29.1 Å². The van der Waals surface area contributed by atoms with Crippen molar-refractivity contribution in [1.29, 1.82) is 0 Å². The Hall–Kier alpha value is -8.93. The second-order valence-electron chi connectivity index (χ2n) is 24.2. The zero-order chi connectivity index (χ0) is 55.4. The van der Waals surface area contributed by atoms with Gasteiger partial charge in [0.15, 0.2) is 0 Å². The Morgan fingerprint density at radius 2 is 0.887 bits per heavy atom. The second-order valence-corrected chi connectivity index (χ2v) is 24.2. The zero-order valence-electron chi connectivity index (χ0n) is 47.6. The number of allylic oxidation sites excluding steroid dienone is 2. The molecule has 2 aromatic heterocycles. The van der Waals surface area contributed by atoms with Crippen LogP contribution in [-0.2, 0) is 21.7 Å². The molecule has 5 nitrogen and oxygen atoms in total. The van der Waals surface area contributed by atoms with E-state index in [1.807, 2.05) is 6.20 Å². The van der Waals surface area contributed by atoms with E-state index in [4.69, 9.17) is 9.72 Å². The van der Waals surface area contributed by atoms with E-state index in [-0.39, 0.29) is 10.8 Å². The Kier molecular flexibility index (Phi) is 13.2. The monoisotopic (exact) mass is 1040 g/mol. The lowest BCUT2D eigenvalue weighted by Gasteiger charge is -2.38. The molecule has 0 aliphatic carbocycles. The van der Waals surface area contributed by atoms with E-state index in [1.54, 1.807) is 0 Å². The third kappa shape index (κ3) is 9.55. The molecular weight excluding hydrogens is 973 g/mol. The van der Waals surface area contributed by atoms with E-state index < -0.39 is 10.8 Å². The zero-order valence-corrected chi connectivity index (χ0v) is 47.6. The summed E-state index contributed by atoms with van der Waals surface area (Å²) in [5, 5.41) is 2.28. The molecule has 9 aromatic carbocycles. The molecule has 0 spiro atoms. The van der Waals surface area contributed by atoms with Crippen LogP contribution in [-0.4, -0.2) is 16.2 Å². The van der Waals surface area contributed by atoms with Crippen molar-refractivity contribution >= 4 is 33.2 Å². The fraction of sp³-hybridized carbons (Fsp3) is 0.187.